The molecule has 0 spiro atoms. The Hall–Kier alpha value is -0.770. The van der Waals surface area contributed by atoms with Gasteiger partial charge in [0.25, 0.3) is 0 Å². The Balaban J connectivity index is 2.18. The molecule has 1 saturated heterocycles. The number of nitrogens with two attached hydrogens (primary N) is 1. The van der Waals surface area contributed by atoms with Gasteiger partial charge in [0.05, 0.1) is 0 Å². The van der Waals surface area contributed by atoms with Gasteiger partial charge in [0.2, 0.25) is 0 Å². The van der Waals surface area contributed by atoms with Gasteiger partial charge in [0.1, 0.15) is 0 Å². The van der Waals surface area contributed by atoms with E-state index >= 15 is 0 Å². The van der Waals surface area contributed by atoms with E-state index in [4.69, 9.17) is 17.3 Å². The number of halogens is 1. The predicted molar refractivity (Wildman–Crippen MR) is 92.3 cm³/mol. The fourth-order valence-electron chi connectivity index (χ4n) is 3.37. The van der Waals surface area contributed by atoms with E-state index in [1.807, 2.05) is 19.1 Å². The third kappa shape index (κ3) is 3.91. The van der Waals surface area contributed by atoms with Crippen molar-refractivity contribution in [2.75, 3.05) is 31.1 Å². The van der Waals surface area contributed by atoms with Crippen LogP contribution in [0.3, 0.4) is 0 Å². The molecule has 0 radical (unpaired) electrons. The maximum atomic E-state index is 6.41. The first kappa shape index (κ1) is 16.6. The highest BCUT2D eigenvalue weighted by molar-refractivity contribution is 6.31. The van der Waals surface area contributed by atoms with Crippen LogP contribution in [0.4, 0.5) is 5.69 Å². The third-order valence-electron chi connectivity index (χ3n) is 4.45. The Morgan fingerprint density at radius 3 is 2.71 bits per heavy atom. The van der Waals surface area contributed by atoms with Gasteiger partial charge in [-0.3, -0.25) is 4.90 Å². The minimum absolute atomic E-state index is 0.129. The number of nitrogens with zero attached hydrogens (tertiary/aromatic N) is 2. The zero-order valence-electron chi connectivity index (χ0n) is 13.5. The molecule has 0 aliphatic carbocycles. The van der Waals surface area contributed by atoms with Crippen molar-refractivity contribution in [3.63, 3.8) is 0 Å². The average Bonchev–Trinajstić information content (AvgIpc) is 2.91. The minimum Gasteiger partial charge on any atom is -0.370 e. The Kier molecular flexibility index (Phi) is 5.91. The van der Waals surface area contributed by atoms with Crippen LogP contribution in [0.15, 0.2) is 18.2 Å². The molecule has 0 aromatic heterocycles. The van der Waals surface area contributed by atoms with E-state index in [2.05, 4.69) is 29.7 Å². The molecule has 0 amide bonds. The Morgan fingerprint density at radius 2 is 2.10 bits per heavy atom. The minimum atomic E-state index is 0.129. The summed E-state index contributed by atoms with van der Waals surface area (Å²) in [5.41, 5.74) is 8.47. The summed E-state index contributed by atoms with van der Waals surface area (Å²) < 4.78 is 0. The normalized spacial score (nSPS) is 20.3. The summed E-state index contributed by atoms with van der Waals surface area (Å²) >= 11 is 6.41. The highest BCUT2D eigenvalue weighted by Crippen LogP contribution is 2.31. The van der Waals surface area contributed by atoms with Crippen LogP contribution in [0.1, 0.15) is 32.8 Å². The van der Waals surface area contributed by atoms with Gasteiger partial charge in [-0.15, -0.1) is 0 Å². The molecule has 1 aromatic carbocycles. The van der Waals surface area contributed by atoms with Gasteiger partial charge in [-0.25, -0.2) is 0 Å². The van der Waals surface area contributed by atoms with E-state index in [1.165, 1.54) is 17.7 Å². The summed E-state index contributed by atoms with van der Waals surface area (Å²) in [7, 11) is 0. The zero-order chi connectivity index (χ0) is 15.4. The number of rotatable bonds is 6. The largest absolute Gasteiger partial charge is 0.370 e. The molecule has 1 aromatic rings. The summed E-state index contributed by atoms with van der Waals surface area (Å²) in [5, 5.41) is 0.844. The maximum Gasteiger partial charge on any atom is 0.0459 e. The summed E-state index contributed by atoms with van der Waals surface area (Å²) in [6.45, 7) is 11.0. The lowest BCUT2D eigenvalue weighted by atomic mass is 10.0. The Labute approximate surface area is 134 Å². The Bertz CT molecular complexity index is 457. The van der Waals surface area contributed by atoms with Gasteiger partial charge in [0, 0.05) is 35.9 Å². The van der Waals surface area contributed by atoms with Crippen molar-refractivity contribution in [1.82, 2.24) is 4.90 Å². The first-order chi connectivity index (χ1) is 10.1. The van der Waals surface area contributed by atoms with E-state index in [0.29, 0.717) is 6.04 Å². The zero-order valence-corrected chi connectivity index (χ0v) is 14.2. The number of likely N-dealkylation sites (N-methyl/N-ethyl adjacent to an activating group) is 1. The molecule has 4 heteroatoms. The highest BCUT2D eigenvalue weighted by Gasteiger charge is 2.27. The van der Waals surface area contributed by atoms with Crippen molar-refractivity contribution in [3.8, 4) is 0 Å². The standard InChI is InChI=1S/C17H28ClN3/c1-4-20(5-2)14-9-10-21(12-14)17-8-6-7-16(18)15(17)11-13(3)19/h6-8,13-14H,4-5,9-12,19H2,1-3H3. The molecule has 1 fully saturated rings. The van der Waals surface area contributed by atoms with Gasteiger partial charge in [0.15, 0.2) is 0 Å². The lowest BCUT2D eigenvalue weighted by molar-refractivity contribution is 0.232. The van der Waals surface area contributed by atoms with Gasteiger partial charge in [-0.2, -0.15) is 0 Å². The van der Waals surface area contributed by atoms with E-state index < -0.39 is 0 Å². The van der Waals surface area contributed by atoms with Gasteiger partial charge in [-0.1, -0.05) is 31.5 Å². The second kappa shape index (κ2) is 7.48. The SMILES string of the molecule is CCN(CC)C1CCN(c2cccc(Cl)c2CC(C)N)C1. The fourth-order valence-corrected chi connectivity index (χ4v) is 3.61. The third-order valence-corrected chi connectivity index (χ3v) is 4.81. The van der Waals surface area contributed by atoms with Crippen LogP contribution in [0.5, 0.6) is 0 Å². The van der Waals surface area contributed by atoms with E-state index in [9.17, 15) is 0 Å². The van der Waals surface area contributed by atoms with Crippen LogP contribution in [0.2, 0.25) is 5.02 Å². The number of hydrogen-bond acceptors (Lipinski definition) is 3. The van der Waals surface area contributed by atoms with Gasteiger partial charge >= 0.3 is 0 Å². The van der Waals surface area contributed by atoms with Crippen LogP contribution < -0.4 is 10.6 Å². The summed E-state index contributed by atoms with van der Waals surface area (Å²) in [6.07, 6.45) is 2.06. The summed E-state index contributed by atoms with van der Waals surface area (Å²) in [4.78, 5) is 5.03. The lowest BCUT2D eigenvalue weighted by Crippen LogP contribution is -2.37. The van der Waals surface area contributed by atoms with Crippen molar-refractivity contribution in [3.05, 3.63) is 28.8 Å². The van der Waals surface area contributed by atoms with Crippen LogP contribution >= 0.6 is 11.6 Å². The average molecular weight is 310 g/mol. The number of benzene rings is 1. The van der Waals surface area contributed by atoms with Crippen LogP contribution in [0.25, 0.3) is 0 Å². The predicted octanol–water partition coefficient (Wildman–Crippen LogP) is 3.15. The van der Waals surface area contributed by atoms with Crippen LogP contribution in [-0.2, 0) is 6.42 Å². The van der Waals surface area contributed by atoms with Crippen molar-refractivity contribution >= 4 is 17.3 Å². The van der Waals surface area contributed by atoms with Crippen LogP contribution in [-0.4, -0.2) is 43.2 Å². The van der Waals surface area contributed by atoms with Crippen molar-refractivity contribution in [2.45, 2.75) is 45.7 Å². The van der Waals surface area contributed by atoms with Crippen molar-refractivity contribution in [1.29, 1.82) is 0 Å². The first-order valence-corrected chi connectivity index (χ1v) is 8.46. The topological polar surface area (TPSA) is 32.5 Å². The summed E-state index contributed by atoms with van der Waals surface area (Å²) in [5.74, 6) is 0. The highest BCUT2D eigenvalue weighted by atomic mass is 35.5. The molecule has 2 atom stereocenters. The molecule has 118 valence electrons. The van der Waals surface area contributed by atoms with Gasteiger partial charge in [-0.05, 0) is 50.6 Å². The molecule has 2 unspecified atom stereocenters. The lowest BCUT2D eigenvalue weighted by Gasteiger charge is -2.28. The number of hydrogen-bond donors (Lipinski definition) is 1. The molecule has 0 saturated carbocycles. The second-order valence-electron chi connectivity index (χ2n) is 6.03. The first-order valence-electron chi connectivity index (χ1n) is 8.08. The quantitative estimate of drug-likeness (QED) is 0.876. The monoisotopic (exact) mass is 309 g/mol. The maximum absolute atomic E-state index is 6.41. The molecule has 2 N–H and O–H groups in total. The molecule has 21 heavy (non-hydrogen) atoms. The molecule has 1 aliphatic heterocycles. The molecular weight excluding hydrogens is 282 g/mol. The van der Waals surface area contributed by atoms with Crippen molar-refractivity contribution < 1.29 is 0 Å². The summed E-state index contributed by atoms with van der Waals surface area (Å²) in [6, 6.07) is 6.99. The Morgan fingerprint density at radius 1 is 1.38 bits per heavy atom. The fraction of sp³-hybridized carbons (Fsp3) is 0.647. The molecule has 1 aliphatic rings. The second-order valence-corrected chi connectivity index (χ2v) is 6.44. The molecule has 3 nitrogen and oxygen atoms in total. The molecular formula is C17H28ClN3. The van der Waals surface area contributed by atoms with E-state index in [0.717, 1.165) is 37.6 Å². The van der Waals surface area contributed by atoms with E-state index in [-0.39, 0.29) is 6.04 Å². The van der Waals surface area contributed by atoms with Crippen molar-refractivity contribution in [2.24, 2.45) is 5.73 Å². The van der Waals surface area contributed by atoms with Gasteiger partial charge < -0.3 is 10.6 Å². The molecule has 0 bridgehead atoms. The van der Waals surface area contributed by atoms with E-state index in [1.54, 1.807) is 0 Å². The smallest absolute Gasteiger partial charge is 0.0459 e. The number of anilines is 1. The molecule has 1 heterocycles. The molecule has 2 rings (SSSR count). The van der Waals surface area contributed by atoms with Crippen LogP contribution in [0, 0.1) is 0 Å².